The molecule has 2 rings (SSSR count). The zero-order valence-corrected chi connectivity index (χ0v) is 13.8. The van der Waals surface area contributed by atoms with Crippen LogP contribution in [0.25, 0.3) is 0 Å². The molecule has 0 bridgehead atoms. The predicted molar refractivity (Wildman–Crippen MR) is 86.9 cm³/mol. The van der Waals surface area contributed by atoms with Crippen molar-refractivity contribution in [2.24, 2.45) is 17.8 Å². The molecule has 1 aliphatic heterocycles. The number of hydrogen-bond acceptors (Lipinski definition) is 3. The number of aliphatic carboxylic acids is 1. The fourth-order valence-corrected chi connectivity index (χ4v) is 3.05. The van der Waals surface area contributed by atoms with Crippen LogP contribution < -0.4 is 5.32 Å². The lowest BCUT2D eigenvalue weighted by Gasteiger charge is -2.28. The number of rotatable bonds is 7. The van der Waals surface area contributed by atoms with Crippen molar-refractivity contribution in [1.29, 1.82) is 0 Å². The zero-order chi connectivity index (χ0) is 17.5. The van der Waals surface area contributed by atoms with Gasteiger partial charge in [0.05, 0.1) is 5.92 Å². The van der Waals surface area contributed by atoms with Gasteiger partial charge in [0.2, 0.25) is 5.91 Å². The Morgan fingerprint density at radius 3 is 2.62 bits per heavy atom. The largest absolute Gasteiger partial charge is 0.481 e. The minimum absolute atomic E-state index is 0.0124. The maximum Gasteiger partial charge on any atom is 0.308 e. The first kappa shape index (κ1) is 18.4. The molecule has 2 unspecified atom stereocenters. The molecular formula is C18H24FNO4. The number of hydrogen-bond donors (Lipinski definition) is 2. The maximum absolute atomic E-state index is 13.7. The molecule has 5 nitrogen and oxygen atoms in total. The molecule has 0 aliphatic carbocycles. The van der Waals surface area contributed by atoms with Gasteiger partial charge in [-0.25, -0.2) is 4.39 Å². The summed E-state index contributed by atoms with van der Waals surface area (Å²) in [6, 6.07) is 6.36. The molecule has 0 radical (unpaired) electrons. The van der Waals surface area contributed by atoms with Crippen LogP contribution in [0.1, 0.15) is 25.3 Å². The standard InChI is InChI=1S/C18H24FNO4/c1-12(10-14-4-2-3-5-16(14)19)17(21)20-11-15(18(22)23)13-6-8-24-9-7-13/h2-5,12-13,15H,6-11H2,1H3,(H,20,21)(H,22,23). The number of amides is 1. The Kier molecular flexibility index (Phi) is 6.73. The van der Waals surface area contributed by atoms with Gasteiger partial charge in [-0.05, 0) is 36.8 Å². The van der Waals surface area contributed by atoms with Crippen LogP contribution in [-0.2, 0) is 20.7 Å². The van der Waals surface area contributed by atoms with Crippen molar-refractivity contribution in [2.45, 2.75) is 26.2 Å². The van der Waals surface area contributed by atoms with E-state index < -0.39 is 17.8 Å². The number of carboxylic acid groups (broad SMARTS) is 1. The molecule has 1 heterocycles. The first-order chi connectivity index (χ1) is 11.5. The highest BCUT2D eigenvalue weighted by atomic mass is 19.1. The Bertz CT molecular complexity index is 572. The van der Waals surface area contributed by atoms with Crippen LogP contribution in [0.5, 0.6) is 0 Å². The third-order valence-electron chi connectivity index (χ3n) is 4.58. The summed E-state index contributed by atoms with van der Waals surface area (Å²) in [6.07, 6.45) is 1.67. The lowest BCUT2D eigenvalue weighted by atomic mass is 9.86. The molecule has 1 aliphatic rings. The number of carboxylic acids is 1. The first-order valence-electron chi connectivity index (χ1n) is 8.30. The van der Waals surface area contributed by atoms with E-state index in [2.05, 4.69) is 5.32 Å². The molecule has 6 heteroatoms. The highest BCUT2D eigenvalue weighted by molar-refractivity contribution is 5.79. The van der Waals surface area contributed by atoms with Gasteiger partial charge in [0.15, 0.2) is 0 Å². The molecule has 2 atom stereocenters. The SMILES string of the molecule is CC(Cc1ccccc1F)C(=O)NCC(C(=O)O)C1CCOCC1. The predicted octanol–water partition coefficient (Wildman–Crippen LogP) is 2.25. The van der Waals surface area contributed by atoms with E-state index in [1.807, 2.05) is 0 Å². The van der Waals surface area contributed by atoms with Crippen molar-refractivity contribution >= 4 is 11.9 Å². The Hall–Kier alpha value is -1.95. The molecule has 24 heavy (non-hydrogen) atoms. The number of benzene rings is 1. The van der Waals surface area contributed by atoms with E-state index in [9.17, 15) is 19.1 Å². The lowest BCUT2D eigenvalue weighted by molar-refractivity contribution is -0.145. The fraction of sp³-hybridized carbons (Fsp3) is 0.556. The molecule has 0 aromatic heterocycles. The molecule has 1 amide bonds. The average Bonchev–Trinajstić information content (AvgIpc) is 2.57. The second-order valence-electron chi connectivity index (χ2n) is 6.34. The number of ether oxygens (including phenoxy) is 1. The van der Waals surface area contributed by atoms with Crippen LogP contribution >= 0.6 is 0 Å². The van der Waals surface area contributed by atoms with Gasteiger partial charge < -0.3 is 15.2 Å². The van der Waals surface area contributed by atoms with Crippen molar-refractivity contribution in [2.75, 3.05) is 19.8 Å². The van der Waals surface area contributed by atoms with Crippen LogP contribution in [-0.4, -0.2) is 36.7 Å². The van der Waals surface area contributed by atoms with Crippen molar-refractivity contribution in [3.8, 4) is 0 Å². The Labute approximate surface area is 141 Å². The molecule has 2 N–H and O–H groups in total. The van der Waals surface area contributed by atoms with E-state index in [0.29, 0.717) is 31.6 Å². The Morgan fingerprint density at radius 1 is 1.33 bits per heavy atom. The molecule has 132 valence electrons. The molecule has 0 saturated carbocycles. The van der Waals surface area contributed by atoms with Gasteiger partial charge in [-0.3, -0.25) is 9.59 Å². The second-order valence-corrected chi connectivity index (χ2v) is 6.34. The van der Waals surface area contributed by atoms with Crippen molar-refractivity contribution in [3.05, 3.63) is 35.6 Å². The van der Waals surface area contributed by atoms with Gasteiger partial charge in [-0.15, -0.1) is 0 Å². The number of carbonyl (C=O) groups excluding carboxylic acids is 1. The van der Waals surface area contributed by atoms with Crippen molar-refractivity contribution in [3.63, 3.8) is 0 Å². The second kappa shape index (κ2) is 8.78. The van der Waals surface area contributed by atoms with E-state index in [0.717, 1.165) is 0 Å². The summed E-state index contributed by atoms with van der Waals surface area (Å²) in [6.45, 7) is 2.94. The van der Waals surface area contributed by atoms with Crippen LogP contribution in [0, 0.1) is 23.6 Å². The summed E-state index contributed by atoms with van der Waals surface area (Å²) in [5.41, 5.74) is 0.486. The normalized spacial score (nSPS) is 17.9. The van der Waals surface area contributed by atoms with Gasteiger partial charge in [-0.2, -0.15) is 0 Å². The van der Waals surface area contributed by atoms with E-state index in [1.54, 1.807) is 25.1 Å². The quantitative estimate of drug-likeness (QED) is 0.800. The number of carbonyl (C=O) groups is 2. The zero-order valence-electron chi connectivity index (χ0n) is 13.8. The topological polar surface area (TPSA) is 75.6 Å². The summed E-state index contributed by atoms with van der Waals surface area (Å²) < 4.78 is 18.9. The molecule has 0 spiro atoms. The summed E-state index contributed by atoms with van der Waals surface area (Å²) in [4.78, 5) is 23.7. The molecule has 1 aromatic rings. The fourth-order valence-electron chi connectivity index (χ4n) is 3.05. The van der Waals surface area contributed by atoms with E-state index >= 15 is 0 Å². The van der Waals surface area contributed by atoms with Gasteiger partial charge in [-0.1, -0.05) is 25.1 Å². The monoisotopic (exact) mass is 337 g/mol. The summed E-state index contributed by atoms with van der Waals surface area (Å²) in [5.74, 6) is -2.51. The van der Waals surface area contributed by atoms with Gasteiger partial charge >= 0.3 is 5.97 Å². The lowest BCUT2D eigenvalue weighted by Crippen LogP contribution is -2.40. The van der Waals surface area contributed by atoms with Gasteiger partial charge in [0, 0.05) is 25.7 Å². The van der Waals surface area contributed by atoms with E-state index in [1.165, 1.54) is 6.07 Å². The van der Waals surface area contributed by atoms with E-state index in [4.69, 9.17) is 4.74 Å². The van der Waals surface area contributed by atoms with Gasteiger partial charge in [0.25, 0.3) is 0 Å². The minimum Gasteiger partial charge on any atom is -0.481 e. The Balaban J connectivity index is 1.88. The number of nitrogens with one attached hydrogen (secondary N) is 1. The minimum atomic E-state index is -0.899. The number of halogens is 1. The van der Waals surface area contributed by atoms with E-state index in [-0.39, 0.29) is 30.6 Å². The molecule has 1 fully saturated rings. The molecule has 1 aromatic carbocycles. The van der Waals surface area contributed by atoms with Crippen LogP contribution in [0.15, 0.2) is 24.3 Å². The third kappa shape index (κ3) is 5.03. The smallest absolute Gasteiger partial charge is 0.308 e. The van der Waals surface area contributed by atoms with Crippen LogP contribution in [0.4, 0.5) is 4.39 Å². The average molecular weight is 337 g/mol. The van der Waals surface area contributed by atoms with Crippen molar-refractivity contribution in [1.82, 2.24) is 5.32 Å². The maximum atomic E-state index is 13.7. The Morgan fingerprint density at radius 2 is 2.00 bits per heavy atom. The highest BCUT2D eigenvalue weighted by Crippen LogP contribution is 2.24. The summed E-state index contributed by atoms with van der Waals surface area (Å²) >= 11 is 0. The highest BCUT2D eigenvalue weighted by Gasteiger charge is 2.30. The van der Waals surface area contributed by atoms with Crippen LogP contribution in [0.2, 0.25) is 0 Å². The summed E-state index contributed by atoms with van der Waals surface area (Å²) in [5, 5.41) is 12.1. The third-order valence-corrected chi connectivity index (χ3v) is 4.58. The van der Waals surface area contributed by atoms with Crippen molar-refractivity contribution < 1.29 is 23.8 Å². The molecule has 1 saturated heterocycles. The summed E-state index contributed by atoms with van der Waals surface area (Å²) in [7, 11) is 0. The molecular weight excluding hydrogens is 313 g/mol. The van der Waals surface area contributed by atoms with Crippen LogP contribution in [0.3, 0.4) is 0 Å². The van der Waals surface area contributed by atoms with Gasteiger partial charge in [0.1, 0.15) is 5.82 Å². The first-order valence-corrected chi connectivity index (χ1v) is 8.30.